The van der Waals surface area contributed by atoms with Gasteiger partial charge in [-0.05, 0) is 43.7 Å². The number of hydrogen-bond donors (Lipinski definition) is 2. The lowest BCUT2D eigenvalue weighted by atomic mass is 10.1. The summed E-state index contributed by atoms with van der Waals surface area (Å²) in [5.41, 5.74) is 2.85. The Morgan fingerprint density at radius 1 is 1.17 bits per heavy atom. The Kier molecular flexibility index (Phi) is 5.19. The summed E-state index contributed by atoms with van der Waals surface area (Å²) in [4.78, 5) is 23.2. The highest BCUT2D eigenvalue weighted by Crippen LogP contribution is 2.24. The third-order valence-electron chi connectivity index (χ3n) is 3.24. The van der Waals surface area contributed by atoms with Gasteiger partial charge in [-0.2, -0.15) is 0 Å². The summed E-state index contributed by atoms with van der Waals surface area (Å²) in [6.07, 6.45) is 1.76. The van der Waals surface area contributed by atoms with Crippen molar-refractivity contribution in [3.05, 3.63) is 69.8 Å². The van der Waals surface area contributed by atoms with E-state index in [0.29, 0.717) is 5.57 Å². The average Bonchev–Trinajstić information content (AvgIpc) is 2.49. The Labute approximate surface area is 139 Å². The number of carboxylic acids is 1. The van der Waals surface area contributed by atoms with E-state index in [9.17, 15) is 9.59 Å². The van der Waals surface area contributed by atoms with Crippen LogP contribution in [0.15, 0.2) is 48.0 Å². The minimum atomic E-state index is -1.08. The second-order valence-corrected chi connectivity index (χ2v) is 5.60. The first kappa shape index (κ1) is 16.8. The molecule has 1 amide bonds. The van der Waals surface area contributed by atoms with Crippen LogP contribution in [0.2, 0.25) is 5.02 Å². The molecule has 0 bridgehead atoms. The summed E-state index contributed by atoms with van der Waals surface area (Å²) in [5.74, 6) is -1.42. The molecule has 4 nitrogen and oxygen atoms in total. The van der Waals surface area contributed by atoms with E-state index in [1.165, 1.54) is 18.2 Å². The zero-order valence-electron chi connectivity index (χ0n) is 12.8. The molecule has 0 aliphatic heterocycles. The van der Waals surface area contributed by atoms with Crippen molar-refractivity contribution in [2.75, 3.05) is 5.32 Å². The molecule has 0 unspecified atom stereocenters. The summed E-state index contributed by atoms with van der Waals surface area (Å²) in [6, 6.07) is 11.9. The fourth-order valence-corrected chi connectivity index (χ4v) is 2.22. The van der Waals surface area contributed by atoms with Crippen LogP contribution >= 0.6 is 11.6 Å². The van der Waals surface area contributed by atoms with E-state index in [4.69, 9.17) is 16.7 Å². The molecule has 0 fully saturated rings. The van der Waals surface area contributed by atoms with Crippen molar-refractivity contribution in [1.29, 1.82) is 0 Å². The van der Waals surface area contributed by atoms with Gasteiger partial charge in [0.15, 0.2) is 0 Å². The number of amides is 1. The second-order valence-electron chi connectivity index (χ2n) is 5.20. The Morgan fingerprint density at radius 3 is 2.57 bits per heavy atom. The number of rotatable bonds is 4. The van der Waals surface area contributed by atoms with Crippen LogP contribution in [-0.4, -0.2) is 17.0 Å². The summed E-state index contributed by atoms with van der Waals surface area (Å²) in [7, 11) is 0. The first-order valence-corrected chi connectivity index (χ1v) is 7.34. The third-order valence-corrected chi connectivity index (χ3v) is 3.57. The summed E-state index contributed by atoms with van der Waals surface area (Å²) in [6.45, 7) is 3.66. The van der Waals surface area contributed by atoms with E-state index in [1.807, 2.05) is 31.2 Å². The maximum absolute atomic E-state index is 12.2. The zero-order chi connectivity index (χ0) is 17.0. The predicted octanol–water partition coefficient (Wildman–Crippen LogP) is 4.39. The van der Waals surface area contributed by atoms with Crippen LogP contribution in [0.3, 0.4) is 0 Å². The van der Waals surface area contributed by atoms with Gasteiger partial charge in [-0.1, -0.05) is 41.4 Å². The molecule has 2 aromatic carbocycles. The number of halogens is 1. The largest absolute Gasteiger partial charge is 0.478 e. The van der Waals surface area contributed by atoms with Gasteiger partial charge < -0.3 is 10.4 Å². The lowest BCUT2D eigenvalue weighted by Gasteiger charge is -2.09. The Bertz CT molecular complexity index is 797. The maximum Gasteiger partial charge on any atom is 0.335 e. The highest BCUT2D eigenvalue weighted by atomic mass is 35.5. The SMILES string of the molecule is CC(=Cc1cccc(C)c1)C(=O)Nc1cc(C(=O)O)ccc1Cl. The van der Waals surface area contributed by atoms with Gasteiger partial charge in [0.25, 0.3) is 5.91 Å². The molecule has 0 saturated heterocycles. The fourth-order valence-electron chi connectivity index (χ4n) is 2.05. The van der Waals surface area contributed by atoms with Crippen molar-refractivity contribution >= 4 is 35.2 Å². The fraction of sp³-hybridized carbons (Fsp3) is 0.111. The quantitative estimate of drug-likeness (QED) is 0.817. The van der Waals surface area contributed by atoms with Crippen molar-refractivity contribution < 1.29 is 14.7 Å². The van der Waals surface area contributed by atoms with Crippen molar-refractivity contribution in [3.8, 4) is 0 Å². The van der Waals surface area contributed by atoms with Gasteiger partial charge in [-0.25, -0.2) is 4.79 Å². The highest BCUT2D eigenvalue weighted by Gasteiger charge is 2.11. The molecule has 0 aromatic heterocycles. The molecule has 2 rings (SSSR count). The molecular weight excluding hydrogens is 314 g/mol. The van der Waals surface area contributed by atoms with E-state index < -0.39 is 5.97 Å². The van der Waals surface area contributed by atoms with Crippen LogP contribution < -0.4 is 5.32 Å². The van der Waals surface area contributed by atoms with Crippen LogP contribution in [-0.2, 0) is 4.79 Å². The van der Waals surface area contributed by atoms with Gasteiger partial charge in [0.2, 0.25) is 0 Å². The number of carboxylic acid groups (broad SMARTS) is 1. The van der Waals surface area contributed by atoms with E-state index in [2.05, 4.69) is 5.32 Å². The number of aromatic carboxylic acids is 1. The molecule has 0 spiro atoms. The normalized spacial score (nSPS) is 11.2. The Hall–Kier alpha value is -2.59. The first-order valence-electron chi connectivity index (χ1n) is 6.96. The van der Waals surface area contributed by atoms with Crippen LogP contribution in [0, 0.1) is 6.92 Å². The number of hydrogen-bond acceptors (Lipinski definition) is 2. The predicted molar refractivity (Wildman–Crippen MR) is 91.9 cm³/mol. The lowest BCUT2D eigenvalue weighted by molar-refractivity contribution is -0.112. The first-order chi connectivity index (χ1) is 10.9. The number of carbonyl (C=O) groups excluding carboxylic acids is 1. The van der Waals surface area contributed by atoms with Crippen LogP contribution in [0.25, 0.3) is 6.08 Å². The molecule has 0 saturated carbocycles. The Morgan fingerprint density at radius 2 is 1.91 bits per heavy atom. The van der Waals surface area contributed by atoms with Gasteiger partial charge in [-0.3, -0.25) is 4.79 Å². The summed E-state index contributed by atoms with van der Waals surface area (Å²) < 4.78 is 0. The number of benzene rings is 2. The number of carbonyl (C=O) groups is 2. The molecule has 0 heterocycles. The van der Waals surface area contributed by atoms with Gasteiger partial charge in [0, 0.05) is 5.57 Å². The van der Waals surface area contributed by atoms with Crippen LogP contribution in [0.1, 0.15) is 28.4 Å². The molecule has 0 atom stereocenters. The van der Waals surface area contributed by atoms with E-state index in [-0.39, 0.29) is 22.2 Å². The molecule has 0 aliphatic carbocycles. The molecular formula is C18H16ClNO3. The number of aryl methyl sites for hydroxylation is 1. The minimum absolute atomic E-state index is 0.0602. The minimum Gasteiger partial charge on any atom is -0.478 e. The van der Waals surface area contributed by atoms with Crippen LogP contribution in [0.5, 0.6) is 0 Å². The number of anilines is 1. The summed E-state index contributed by atoms with van der Waals surface area (Å²) >= 11 is 6.00. The molecule has 0 aliphatic rings. The van der Waals surface area contributed by atoms with Crippen molar-refractivity contribution in [2.45, 2.75) is 13.8 Å². The Balaban J connectivity index is 2.21. The second kappa shape index (κ2) is 7.11. The van der Waals surface area contributed by atoms with Gasteiger partial charge in [-0.15, -0.1) is 0 Å². The number of nitrogens with one attached hydrogen (secondary N) is 1. The standard InChI is InChI=1S/C18H16ClNO3/c1-11-4-3-5-13(8-11)9-12(2)17(21)20-16-10-14(18(22)23)6-7-15(16)19/h3-10H,1-2H3,(H,20,21)(H,22,23). The molecule has 23 heavy (non-hydrogen) atoms. The smallest absolute Gasteiger partial charge is 0.335 e. The third kappa shape index (κ3) is 4.44. The monoisotopic (exact) mass is 329 g/mol. The maximum atomic E-state index is 12.2. The highest BCUT2D eigenvalue weighted by molar-refractivity contribution is 6.34. The molecule has 2 N–H and O–H groups in total. The molecule has 2 aromatic rings. The zero-order valence-corrected chi connectivity index (χ0v) is 13.5. The topological polar surface area (TPSA) is 66.4 Å². The van der Waals surface area contributed by atoms with E-state index in [1.54, 1.807) is 13.0 Å². The van der Waals surface area contributed by atoms with Gasteiger partial charge in [0.05, 0.1) is 16.3 Å². The lowest BCUT2D eigenvalue weighted by Crippen LogP contribution is -2.13. The van der Waals surface area contributed by atoms with Crippen molar-refractivity contribution in [3.63, 3.8) is 0 Å². The van der Waals surface area contributed by atoms with Gasteiger partial charge in [0.1, 0.15) is 0 Å². The van der Waals surface area contributed by atoms with Gasteiger partial charge >= 0.3 is 5.97 Å². The molecule has 5 heteroatoms. The van der Waals surface area contributed by atoms with E-state index in [0.717, 1.165) is 11.1 Å². The average molecular weight is 330 g/mol. The van der Waals surface area contributed by atoms with E-state index >= 15 is 0 Å². The van der Waals surface area contributed by atoms with Crippen molar-refractivity contribution in [2.24, 2.45) is 0 Å². The van der Waals surface area contributed by atoms with Crippen LogP contribution in [0.4, 0.5) is 5.69 Å². The van der Waals surface area contributed by atoms with Crippen molar-refractivity contribution in [1.82, 2.24) is 0 Å². The molecule has 0 radical (unpaired) electrons. The summed E-state index contributed by atoms with van der Waals surface area (Å²) in [5, 5.41) is 11.9. The molecule has 118 valence electrons.